The first-order chi connectivity index (χ1) is 11.5. The molecule has 8 nitrogen and oxygen atoms in total. The third-order valence-corrected chi connectivity index (χ3v) is 4.52. The molecule has 0 unspecified atom stereocenters. The molecule has 1 amide bonds. The molecule has 0 radical (unpaired) electrons. The van der Waals surface area contributed by atoms with Gasteiger partial charge in [-0.25, -0.2) is 9.97 Å². The smallest absolute Gasteiger partial charge is 0.260 e. The number of aliphatic hydroxyl groups excluding tert-OH is 1. The van der Waals surface area contributed by atoms with Crippen molar-refractivity contribution < 1.29 is 14.3 Å². The molecule has 3 aromatic rings. The molecule has 0 aliphatic carbocycles. The number of hydrogen-bond acceptors (Lipinski definition) is 8. The number of anilines is 2. The lowest BCUT2D eigenvalue weighted by atomic mass is 10.2. The summed E-state index contributed by atoms with van der Waals surface area (Å²) in [6.45, 7) is 2.41. The van der Waals surface area contributed by atoms with Crippen LogP contribution in [0.3, 0.4) is 0 Å². The van der Waals surface area contributed by atoms with Gasteiger partial charge in [-0.2, -0.15) is 0 Å². The number of thiophene rings is 1. The third kappa shape index (κ3) is 2.91. The van der Waals surface area contributed by atoms with Crippen LogP contribution < -0.4 is 16.8 Å². The average Bonchev–Trinajstić information content (AvgIpc) is 3.11. The zero-order valence-electron chi connectivity index (χ0n) is 13.0. The van der Waals surface area contributed by atoms with Crippen LogP contribution in [0, 0.1) is 6.92 Å². The van der Waals surface area contributed by atoms with Crippen LogP contribution in [0.1, 0.15) is 21.9 Å². The maximum absolute atomic E-state index is 11.6. The SMILES string of the molecule is Cc1ccc(-c2nc(NCCCO)nc3sc(C(N)=O)c(N)c23)o1. The number of primary amides is 1. The number of rotatable bonds is 6. The molecule has 0 saturated carbocycles. The van der Waals surface area contributed by atoms with Gasteiger partial charge >= 0.3 is 0 Å². The van der Waals surface area contributed by atoms with E-state index in [2.05, 4.69) is 15.3 Å². The lowest BCUT2D eigenvalue weighted by Gasteiger charge is -2.07. The summed E-state index contributed by atoms with van der Waals surface area (Å²) in [4.78, 5) is 21.2. The van der Waals surface area contributed by atoms with Crippen molar-refractivity contribution in [2.45, 2.75) is 13.3 Å². The van der Waals surface area contributed by atoms with Crippen molar-refractivity contribution in [2.24, 2.45) is 5.73 Å². The van der Waals surface area contributed by atoms with Crippen molar-refractivity contribution in [1.82, 2.24) is 9.97 Å². The molecule has 0 spiro atoms. The Balaban J connectivity index is 2.18. The van der Waals surface area contributed by atoms with Crippen LogP contribution in [0.25, 0.3) is 21.7 Å². The van der Waals surface area contributed by atoms with Crippen molar-refractivity contribution in [3.8, 4) is 11.5 Å². The highest BCUT2D eigenvalue weighted by Gasteiger charge is 2.22. The Morgan fingerprint density at radius 3 is 2.83 bits per heavy atom. The van der Waals surface area contributed by atoms with Crippen molar-refractivity contribution >= 4 is 39.1 Å². The van der Waals surface area contributed by atoms with E-state index in [4.69, 9.17) is 21.0 Å². The van der Waals surface area contributed by atoms with Crippen LogP contribution in [0.5, 0.6) is 0 Å². The summed E-state index contributed by atoms with van der Waals surface area (Å²) in [5, 5.41) is 12.5. The molecule has 0 bridgehead atoms. The van der Waals surface area contributed by atoms with Gasteiger partial charge in [0.1, 0.15) is 21.2 Å². The molecule has 0 aliphatic heterocycles. The molecule has 9 heteroatoms. The molecule has 0 aromatic carbocycles. The van der Waals surface area contributed by atoms with E-state index >= 15 is 0 Å². The molecule has 126 valence electrons. The van der Waals surface area contributed by atoms with E-state index in [1.165, 1.54) is 0 Å². The molecule has 0 saturated heterocycles. The number of carbonyl (C=O) groups is 1. The summed E-state index contributed by atoms with van der Waals surface area (Å²) in [5.41, 5.74) is 12.2. The van der Waals surface area contributed by atoms with Crippen molar-refractivity contribution in [2.75, 3.05) is 24.2 Å². The molecule has 3 heterocycles. The fraction of sp³-hybridized carbons (Fsp3) is 0.267. The van der Waals surface area contributed by atoms with E-state index in [9.17, 15) is 4.79 Å². The molecule has 3 aromatic heterocycles. The zero-order chi connectivity index (χ0) is 17.3. The van der Waals surface area contributed by atoms with Gasteiger partial charge in [0.15, 0.2) is 5.76 Å². The van der Waals surface area contributed by atoms with Gasteiger partial charge in [-0.05, 0) is 25.5 Å². The lowest BCUT2D eigenvalue weighted by Crippen LogP contribution is -2.10. The lowest BCUT2D eigenvalue weighted by molar-refractivity contribution is 0.100. The minimum absolute atomic E-state index is 0.0667. The number of nitrogens with one attached hydrogen (secondary N) is 1. The molecule has 24 heavy (non-hydrogen) atoms. The number of aliphatic hydroxyl groups is 1. The summed E-state index contributed by atoms with van der Waals surface area (Å²) in [6.07, 6.45) is 0.565. The molecular formula is C15H17N5O3S. The van der Waals surface area contributed by atoms with E-state index in [1.54, 1.807) is 6.07 Å². The average molecular weight is 347 g/mol. The van der Waals surface area contributed by atoms with E-state index in [-0.39, 0.29) is 17.2 Å². The quantitative estimate of drug-likeness (QED) is 0.498. The van der Waals surface area contributed by atoms with Crippen LogP contribution in [0.2, 0.25) is 0 Å². The van der Waals surface area contributed by atoms with Crippen LogP contribution >= 0.6 is 11.3 Å². The number of nitrogens with zero attached hydrogens (tertiary/aromatic N) is 2. The highest BCUT2D eigenvalue weighted by molar-refractivity contribution is 7.21. The molecule has 3 rings (SSSR count). The standard InChI is InChI=1S/C15H17N5O3S/c1-7-3-4-8(23-7)11-9-10(16)12(13(17)22)24-14(9)20-15(19-11)18-5-2-6-21/h3-4,21H,2,5-6,16H2,1H3,(H2,17,22)(H,18,19,20). The van der Waals surface area contributed by atoms with Crippen LogP contribution in [0.4, 0.5) is 11.6 Å². The summed E-state index contributed by atoms with van der Waals surface area (Å²) in [5.74, 6) is 1.03. The number of aryl methyl sites for hydroxylation is 1. The highest BCUT2D eigenvalue weighted by Crippen LogP contribution is 2.39. The number of amides is 1. The predicted octanol–water partition coefficient (Wildman–Crippen LogP) is 1.74. The zero-order valence-corrected chi connectivity index (χ0v) is 13.8. The first-order valence-corrected chi connectivity index (χ1v) is 8.14. The van der Waals surface area contributed by atoms with E-state index < -0.39 is 5.91 Å². The minimum atomic E-state index is -0.605. The number of aromatic nitrogens is 2. The number of carbonyl (C=O) groups excluding carboxylic acids is 1. The number of hydrogen-bond donors (Lipinski definition) is 4. The number of nitrogen functional groups attached to an aromatic ring is 1. The molecule has 6 N–H and O–H groups in total. The highest BCUT2D eigenvalue weighted by atomic mass is 32.1. The second kappa shape index (κ2) is 6.46. The summed E-state index contributed by atoms with van der Waals surface area (Å²) < 4.78 is 5.66. The normalized spacial score (nSPS) is 11.1. The van der Waals surface area contributed by atoms with Crippen LogP contribution in [-0.4, -0.2) is 34.1 Å². The van der Waals surface area contributed by atoms with Gasteiger partial charge in [-0.3, -0.25) is 4.79 Å². The molecule has 0 fully saturated rings. The first kappa shape index (κ1) is 16.2. The summed E-state index contributed by atoms with van der Waals surface area (Å²) in [6, 6.07) is 3.61. The van der Waals surface area contributed by atoms with Crippen molar-refractivity contribution in [3.63, 3.8) is 0 Å². The second-order valence-corrected chi connectivity index (χ2v) is 6.20. The van der Waals surface area contributed by atoms with Gasteiger partial charge in [-0.15, -0.1) is 11.3 Å². The predicted molar refractivity (Wildman–Crippen MR) is 93.0 cm³/mol. The number of nitrogens with two attached hydrogens (primary N) is 2. The van der Waals surface area contributed by atoms with E-state index in [0.717, 1.165) is 17.1 Å². The maximum Gasteiger partial charge on any atom is 0.260 e. The minimum Gasteiger partial charge on any atom is -0.460 e. The Bertz CT molecular complexity index is 902. The Morgan fingerprint density at radius 2 is 2.21 bits per heavy atom. The fourth-order valence-corrected chi connectivity index (χ4v) is 3.25. The second-order valence-electron chi connectivity index (χ2n) is 5.20. The Kier molecular flexibility index (Phi) is 4.36. The molecular weight excluding hydrogens is 330 g/mol. The van der Waals surface area contributed by atoms with Gasteiger partial charge in [0.25, 0.3) is 5.91 Å². The monoisotopic (exact) mass is 347 g/mol. The van der Waals surface area contributed by atoms with E-state index in [0.29, 0.717) is 40.6 Å². The van der Waals surface area contributed by atoms with Gasteiger partial charge in [0, 0.05) is 13.2 Å². The summed E-state index contributed by atoms with van der Waals surface area (Å²) >= 11 is 1.12. The number of fused-ring (bicyclic) bond motifs is 1. The molecule has 0 atom stereocenters. The Labute approximate surface area is 141 Å². The number of furan rings is 1. The largest absolute Gasteiger partial charge is 0.460 e. The molecule has 0 aliphatic rings. The fourth-order valence-electron chi connectivity index (χ4n) is 2.30. The first-order valence-electron chi connectivity index (χ1n) is 7.32. The Morgan fingerprint density at radius 1 is 1.42 bits per heavy atom. The van der Waals surface area contributed by atoms with Gasteiger partial charge in [0.05, 0.1) is 11.1 Å². The Hall–Kier alpha value is -2.65. The maximum atomic E-state index is 11.6. The van der Waals surface area contributed by atoms with Crippen molar-refractivity contribution in [1.29, 1.82) is 0 Å². The van der Waals surface area contributed by atoms with Gasteiger partial charge in [0.2, 0.25) is 5.95 Å². The summed E-state index contributed by atoms with van der Waals surface area (Å²) in [7, 11) is 0. The van der Waals surface area contributed by atoms with Crippen LogP contribution in [-0.2, 0) is 0 Å². The topological polar surface area (TPSA) is 140 Å². The van der Waals surface area contributed by atoms with Crippen LogP contribution in [0.15, 0.2) is 16.5 Å². The van der Waals surface area contributed by atoms with Crippen molar-refractivity contribution in [3.05, 3.63) is 22.8 Å². The third-order valence-electron chi connectivity index (χ3n) is 3.40. The van der Waals surface area contributed by atoms with E-state index in [1.807, 2.05) is 13.0 Å². The van der Waals surface area contributed by atoms with Gasteiger partial charge in [-0.1, -0.05) is 0 Å². The van der Waals surface area contributed by atoms with Gasteiger partial charge < -0.3 is 26.3 Å².